The molecular formula is C21H30N6O3. The van der Waals surface area contributed by atoms with Crippen LogP contribution < -0.4 is 10.7 Å². The quantitative estimate of drug-likeness (QED) is 0.650. The molecule has 1 saturated heterocycles. The molecule has 1 aliphatic carbocycles. The van der Waals surface area contributed by atoms with Gasteiger partial charge in [-0.3, -0.25) is 19.5 Å². The molecule has 3 N–H and O–H groups in total. The smallest absolute Gasteiger partial charge is 0.272 e. The second-order valence-corrected chi connectivity index (χ2v) is 8.53. The summed E-state index contributed by atoms with van der Waals surface area (Å²) in [5, 5.41) is 14.2. The predicted octanol–water partition coefficient (Wildman–Crippen LogP) is 1.30. The van der Waals surface area contributed by atoms with Crippen molar-refractivity contribution < 1.29 is 14.4 Å². The lowest BCUT2D eigenvalue weighted by molar-refractivity contribution is -0.129. The Labute approximate surface area is 176 Å². The van der Waals surface area contributed by atoms with Gasteiger partial charge in [-0.05, 0) is 57.3 Å². The van der Waals surface area contributed by atoms with E-state index in [1.54, 1.807) is 0 Å². The Kier molecular flexibility index (Phi) is 6.44. The molecule has 3 aliphatic rings. The summed E-state index contributed by atoms with van der Waals surface area (Å²) in [5.41, 5.74) is 5.78. The third-order valence-corrected chi connectivity index (χ3v) is 6.37. The van der Waals surface area contributed by atoms with E-state index < -0.39 is 0 Å². The molecule has 1 aromatic heterocycles. The number of aromatic nitrogens is 2. The standard InChI is InChI=1S/C21H30N6O3/c28-18-12-15(23-25-18)13-19(29)27-10-3-4-14(8-11-27)7-9-22-21(30)20-16-5-1-2-6-17(16)24-26-20/h14H,1-13H2,(H,22,30)(H,24,26)(H,25,28). The molecule has 1 aromatic rings. The zero-order valence-electron chi connectivity index (χ0n) is 17.3. The second kappa shape index (κ2) is 9.40. The highest BCUT2D eigenvalue weighted by Crippen LogP contribution is 2.23. The van der Waals surface area contributed by atoms with E-state index in [2.05, 4.69) is 26.0 Å². The van der Waals surface area contributed by atoms with Crippen molar-refractivity contribution in [2.24, 2.45) is 11.0 Å². The number of carbonyl (C=O) groups excluding carboxylic acids is 3. The van der Waals surface area contributed by atoms with Gasteiger partial charge in [-0.1, -0.05) is 0 Å². The summed E-state index contributed by atoms with van der Waals surface area (Å²) in [6.07, 6.45) is 8.47. The van der Waals surface area contributed by atoms with Crippen molar-refractivity contribution in [3.63, 3.8) is 0 Å². The van der Waals surface area contributed by atoms with Crippen molar-refractivity contribution in [2.45, 2.75) is 64.2 Å². The summed E-state index contributed by atoms with van der Waals surface area (Å²) in [5.74, 6) is 0.303. The van der Waals surface area contributed by atoms with Crippen LogP contribution in [0.15, 0.2) is 5.10 Å². The fraction of sp³-hybridized carbons (Fsp3) is 0.667. The van der Waals surface area contributed by atoms with E-state index in [0.29, 0.717) is 23.9 Å². The highest BCUT2D eigenvalue weighted by molar-refractivity contribution is 6.11. The van der Waals surface area contributed by atoms with E-state index >= 15 is 0 Å². The van der Waals surface area contributed by atoms with Gasteiger partial charge in [0.15, 0.2) is 5.69 Å². The molecule has 0 spiro atoms. The van der Waals surface area contributed by atoms with Gasteiger partial charge in [0.05, 0.1) is 18.6 Å². The summed E-state index contributed by atoms with van der Waals surface area (Å²) >= 11 is 0. The molecule has 0 aromatic carbocycles. The largest absolute Gasteiger partial charge is 0.351 e. The van der Waals surface area contributed by atoms with E-state index in [1.807, 2.05) is 4.90 Å². The van der Waals surface area contributed by atoms with Crippen molar-refractivity contribution in [3.05, 3.63) is 17.0 Å². The first-order valence-corrected chi connectivity index (χ1v) is 11.1. The zero-order chi connectivity index (χ0) is 20.9. The van der Waals surface area contributed by atoms with Gasteiger partial charge >= 0.3 is 0 Å². The van der Waals surface area contributed by atoms with Crippen molar-refractivity contribution in [3.8, 4) is 0 Å². The Morgan fingerprint density at radius 3 is 2.83 bits per heavy atom. The van der Waals surface area contributed by atoms with Crippen LogP contribution in [0.2, 0.25) is 0 Å². The molecule has 162 valence electrons. The van der Waals surface area contributed by atoms with Crippen LogP contribution in [-0.4, -0.2) is 58.2 Å². The SMILES string of the molecule is O=C1CC(CC(=O)N2CCCC(CCNC(=O)c3n[nH]c4c3CCCC4)CC2)=NN1. The number of hydrogen-bond donors (Lipinski definition) is 3. The minimum absolute atomic E-state index is 0.0440. The van der Waals surface area contributed by atoms with Crippen LogP contribution in [0.1, 0.15) is 73.1 Å². The molecule has 1 unspecified atom stereocenters. The third-order valence-electron chi connectivity index (χ3n) is 6.37. The molecular weight excluding hydrogens is 384 g/mol. The molecule has 9 nitrogen and oxygen atoms in total. The van der Waals surface area contributed by atoms with Gasteiger partial charge in [-0.25, -0.2) is 5.43 Å². The number of rotatable bonds is 6. The van der Waals surface area contributed by atoms with E-state index in [9.17, 15) is 14.4 Å². The Hall–Kier alpha value is -2.71. The number of H-pyrrole nitrogens is 1. The Balaban J connectivity index is 1.20. The maximum atomic E-state index is 12.5. The number of nitrogens with zero attached hydrogens (tertiary/aromatic N) is 3. The number of nitrogens with one attached hydrogen (secondary N) is 3. The first kappa shape index (κ1) is 20.6. The molecule has 1 fully saturated rings. The lowest BCUT2D eigenvalue weighted by Crippen LogP contribution is -2.33. The molecule has 0 saturated carbocycles. The van der Waals surface area contributed by atoms with Gasteiger partial charge in [-0.15, -0.1) is 0 Å². The highest BCUT2D eigenvalue weighted by Gasteiger charge is 2.25. The number of hydrazone groups is 1. The Morgan fingerprint density at radius 2 is 2.00 bits per heavy atom. The van der Waals surface area contributed by atoms with Crippen LogP contribution in [0.25, 0.3) is 0 Å². The van der Waals surface area contributed by atoms with Crippen molar-refractivity contribution in [1.29, 1.82) is 0 Å². The number of aromatic amines is 1. The fourth-order valence-electron chi connectivity index (χ4n) is 4.64. The third kappa shape index (κ3) is 4.88. The number of amides is 3. The first-order valence-electron chi connectivity index (χ1n) is 11.1. The summed E-state index contributed by atoms with van der Waals surface area (Å²) in [6.45, 7) is 2.10. The average Bonchev–Trinajstić information content (AvgIpc) is 3.27. The minimum Gasteiger partial charge on any atom is -0.351 e. The van der Waals surface area contributed by atoms with Crippen molar-refractivity contribution in [1.82, 2.24) is 25.8 Å². The number of fused-ring (bicyclic) bond motifs is 1. The van der Waals surface area contributed by atoms with E-state index in [-0.39, 0.29) is 30.6 Å². The molecule has 3 amide bonds. The number of carbonyl (C=O) groups is 3. The van der Waals surface area contributed by atoms with Crippen molar-refractivity contribution in [2.75, 3.05) is 19.6 Å². The molecule has 2 aliphatic heterocycles. The summed E-state index contributed by atoms with van der Waals surface area (Å²) in [7, 11) is 0. The lowest BCUT2D eigenvalue weighted by Gasteiger charge is -2.20. The van der Waals surface area contributed by atoms with Gasteiger partial charge in [-0.2, -0.15) is 10.2 Å². The van der Waals surface area contributed by atoms with E-state index in [4.69, 9.17) is 0 Å². The van der Waals surface area contributed by atoms with Crippen LogP contribution in [0.3, 0.4) is 0 Å². The average molecular weight is 415 g/mol. The predicted molar refractivity (Wildman–Crippen MR) is 111 cm³/mol. The second-order valence-electron chi connectivity index (χ2n) is 8.53. The zero-order valence-corrected chi connectivity index (χ0v) is 17.3. The summed E-state index contributed by atoms with van der Waals surface area (Å²) in [4.78, 5) is 38.1. The number of hydrogen-bond acceptors (Lipinski definition) is 5. The number of aryl methyl sites for hydroxylation is 1. The van der Waals surface area contributed by atoms with Gasteiger partial charge in [0.1, 0.15) is 0 Å². The highest BCUT2D eigenvalue weighted by atomic mass is 16.2. The molecule has 1 atom stereocenters. The van der Waals surface area contributed by atoms with E-state index in [1.165, 1.54) is 0 Å². The summed E-state index contributed by atoms with van der Waals surface area (Å²) < 4.78 is 0. The Morgan fingerprint density at radius 1 is 1.13 bits per heavy atom. The fourth-order valence-corrected chi connectivity index (χ4v) is 4.64. The van der Waals surface area contributed by atoms with Crippen LogP contribution in [-0.2, 0) is 22.4 Å². The molecule has 0 radical (unpaired) electrons. The summed E-state index contributed by atoms with van der Waals surface area (Å²) in [6, 6.07) is 0. The number of likely N-dealkylation sites (tertiary alicyclic amines) is 1. The Bertz CT molecular complexity index is 846. The first-order chi connectivity index (χ1) is 14.6. The van der Waals surface area contributed by atoms with Gasteiger partial charge in [0.25, 0.3) is 5.91 Å². The minimum atomic E-state index is -0.147. The van der Waals surface area contributed by atoms with Crippen LogP contribution in [0.5, 0.6) is 0 Å². The van der Waals surface area contributed by atoms with Gasteiger partial charge < -0.3 is 10.2 Å². The topological polar surface area (TPSA) is 120 Å². The monoisotopic (exact) mass is 414 g/mol. The van der Waals surface area contributed by atoms with Crippen LogP contribution >= 0.6 is 0 Å². The molecule has 3 heterocycles. The van der Waals surface area contributed by atoms with Crippen molar-refractivity contribution >= 4 is 23.4 Å². The molecule has 9 heteroatoms. The normalized spacial score (nSPS) is 21.5. The molecule has 0 bridgehead atoms. The maximum absolute atomic E-state index is 12.5. The van der Waals surface area contributed by atoms with Gasteiger partial charge in [0, 0.05) is 30.9 Å². The molecule has 4 rings (SSSR count). The van der Waals surface area contributed by atoms with E-state index in [0.717, 1.165) is 75.7 Å². The van der Waals surface area contributed by atoms with Crippen LogP contribution in [0.4, 0.5) is 0 Å². The van der Waals surface area contributed by atoms with Gasteiger partial charge in [0.2, 0.25) is 11.8 Å². The molecule has 30 heavy (non-hydrogen) atoms. The van der Waals surface area contributed by atoms with Crippen LogP contribution in [0, 0.1) is 5.92 Å². The lowest BCUT2D eigenvalue weighted by atomic mass is 9.95. The maximum Gasteiger partial charge on any atom is 0.272 e.